The molecule has 1 aromatic rings. The molecule has 2 unspecified atom stereocenters. The third kappa shape index (κ3) is 4.87. The van der Waals surface area contributed by atoms with Crippen molar-refractivity contribution >= 4 is 28.3 Å². The maximum Gasteiger partial charge on any atom is 0.254 e. The molecule has 3 rings (SSSR count). The SMILES string of the molecule is CC1CCN(S(=O)(=O)c2ccc(C(=O)N3CCCCC3C(C)N)cc2)CC1.Cl. The second-order valence-corrected chi connectivity index (χ2v) is 9.97. The van der Waals surface area contributed by atoms with Gasteiger partial charge in [0.25, 0.3) is 5.91 Å². The lowest BCUT2D eigenvalue weighted by molar-refractivity contribution is 0.0583. The van der Waals surface area contributed by atoms with Crippen molar-refractivity contribution < 1.29 is 13.2 Å². The molecule has 8 heteroatoms. The van der Waals surface area contributed by atoms with Crippen molar-refractivity contribution in [2.75, 3.05) is 19.6 Å². The van der Waals surface area contributed by atoms with Gasteiger partial charge < -0.3 is 10.6 Å². The minimum Gasteiger partial charge on any atom is -0.334 e. The number of halogens is 1. The van der Waals surface area contributed by atoms with Gasteiger partial charge in [-0.1, -0.05) is 6.92 Å². The van der Waals surface area contributed by atoms with Crippen molar-refractivity contribution in [1.29, 1.82) is 0 Å². The number of sulfonamides is 1. The second kappa shape index (κ2) is 9.57. The molecule has 2 fully saturated rings. The summed E-state index contributed by atoms with van der Waals surface area (Å²) in [6, 6.07) is 6.36. The summed E-state index contributed by atoms with van der Waals surface area (Å²) in [4.78, 5) is 15.0. The first-order chi connectivity index (χ1) is 12.8. The molecule has 2 heterocycles. The predicted molar refractivity (Wildman–Crippen MR) is 113 cm³/mol. The molecule has 1 aromatic carbocycles. The number of carbonyl (C=O) groups is 1. The number of nitrogens with zero attached hydrogens (tertiary/aromatic N) is 2. The second-order valence-electron chi connectivity index (χ2n) is 8.03. The summed E-state index contributed by atoms with van der Waals surface area (Å²) in [6.07, 6.45) is 4.77. The molecule has 1 amide bonds. The molecule has 2 atom stereocenters. The number of piperidine rings is 2. The molecule has 0 saturated carbocycles. The molecule has 2 saturated heterocycles. The van der Waals surface area contributed by atoms with E-state index in [0.29, 0.717) is 31.1 Å². The first kappa shape index (κ1) is 23.1. The number of hydrogen-bond donors (Lipinski definition) is 1. The molecule has 0 bridgehead atoms. The van der Waals surface area contributed by atoms with Crippen LogP contribution in [0.15, 0.2) is 29.2 Å². The lowest BCUT2D eigenvalue weighted by Gasteiger charge is -2.38. The van der Waals surface area contributed by atoms with E-state index in [1.807, 2.05) is 11.8 Å². The van der Waals surface area contributed by atoms with Crippen LogP contribution < -0.4 is 5.73 Å². The van der Waals surface area contributed by atoms with Crippen LogP contribution in [0, 0.1) is 5.92 Å². The zero-order chi connectivity index (χ0) is 19.6. The highest BCUT2D eigenvalue weighted by atomic mass is 35.5. The van der Waals surface area contributed by atoms with Crippen molar-refractivity contribution in [2.24, 2.45) is 11.7 Å². The van der Waals surface area contributed by atoms with E-state index in [1.54, 1.807) is 28.6 Å². The van der Waals surface area contributed by atoms with Crippen molar-refractivity contribution in [3.63, 3.8) is 0 Å². The van der Waals surface area contributed by atoms with Gasteiger partial charge >= 0.3 is 0 Å². The van der Waals surface area contributed by atoms with E-state index in [0.717, 1.165) is 32.1 Å². The number of hydrogen-bond acceptors (Lipinski definition) is 4. The summed E-state index contributed by atoms with van der Waals surface area (Å²) in [7, 11) is -3.49. The fourth-order valence-electron chi connectivity index (χ4n) is 4.07. The summed E-state index contributed by atoms with van der Waals surface area (Å²) in [5.41, 5.74) is 6.59. The summed E-state index contributed by atoms with van der Waals surface area (Å²) >= 11 is 0. The van der Waals surface area contributed by atoms with Crippen LogP contribution in [0.4, 0.5) is 0 Å². The maximum absolute atomic E-state index is 12.9. The Bertz CT molecular complexity index is 759. The van der Waals surface area contributed by atoms with Crippen LogP contribution in [0.5, 0.6) is 0 Å². The molecule has 6 nitrogen and oxygen atoms in total. The molecule has 28 heavy (non-hydrogen) atoms. The Morgan fingerprint density at radius 3 is 2.25 bits per heavy atom. The Balaban J connectivity index is 0.00000280. The Hall–Kier alpha value is -1.15. The third-order valence-corrected chi connectivity index (χ3v) is 7.81. The number of rotatable bonds is 4. The van der Waals surface area contributed by atoms with E-state index in [9.17, 15) is 13.2 Å². The van der Waals surface area contributed by atoms with Crippen molar-refractivity contribution in [3.05, 3.63) is 29.8 Å². The molecule has 0 aromatic heterocycles. The fraction of sp³-hybridized carbons (Fsp3) is 0.650. The maximum atomic E-state index is 12.9. The molecule has 2 aliphatic heterocycles. The van der Waals surface area contributed by atoms with E-state index in [-0.39, 0.29) is 35.3 Å². The summed E-state index contributed by atoms with van der Waals surface area (Å²) in [6.45, 7) is 5.92. The highest BCUT2D eigenvalue weighted by molar-refractivity contribution is 7.89. The lowest BCUT2D eigenvalue weighted by Crippen LogP contribution is -2.51. The van der Waals surface area contributed by atoms with Gasteiger partial charge in [0.2, 0.25) is 10.0 Å². The van der Waals surface area contributed by atoms with Crippen LogP contribution in [0.25, 0.3) is 0 Å². The average Bonchev–Trinajstić information content (AvgIpc) is 2.68. The minimum atomic E-state index is -3.49. The van der Waals surface area contributed by atoms with E-state index in [1.165, 1.54) is 0 Å². The van der Waals surface area contributed by atoms with Gasteiger partial charge in [0.05, 0.1) is 4.90 Å². The van der Waals surface area contributed by atoms with Crippen LogP contribution in [-0.4, -0.2) is 55.2 Å². The number of amides is 1. The fourth-order valence-corrected chi connectivity index (χ4v) is 5.54. The number of carbonyl (C=O) groups excluding carboxylic acids is 1. The molecule has 158 valence electrons. The Morgan fingerprint density at radius 2 is 1.68 bits per heavy atom. The van der Waals surface area contributed by atoms with Crippen LogP contribution >= 0.6 is 12.4 Å². The summed E-state index contributed by atoms with van der Waals surface area (Å²) in [5.74, 6) is 0.506. The van der Waals surface area contributed by atoms with Gasteiger partial charge in [0, 0.05) is 37.3 Å². The van der Waals surface area contributed by atoms with Crippen molar-refractivity contribution in [2.45, 2.75) is 62.9 Å². The van der Waals surface area contributed by atoms with E-state index in [2.05, 4.69) is 6.92 Å². The zero-order valence-corrected chi connectivity index (χ0v) is 18.3. The van der Waals surface area contributed by atoms with Crippen LogP contribution in [0.1, 0.15) is 56.3 Å². The molecule has 2 N–H and O–H groups in total. The standard InChI is InChI=1S/C20H31N3O3S.ClH/c1-15-10-13-22(14-11-15)27(25,26)18-8-6-17(7-9-18)20(24)23-12-4-3-5-19(23)16(2)21;/h6-9,15-16,19H,3-5,10-14,21H2,1-2H3;1H. The molecular formula is C20H32ClN3O3S. The highest BCUT2D eigenvalue weighted by Gasteiger charge is 2.31. The molecule has 0 radical (unpaired) electrons. The third-order valence-electron chi connectivity index (χ3n) is 5.90. The normalized spacial score (nSPS) is 23.1. The van der Waals surface area contributed by atoms with Gasteiger partial charge in [-0.05, 0) is 69.2 Å². The van der Waals surface area contributed by atoms with Crippen molar-refractivity contribution in [1.82, 2.24) is 9.21 Å². The number of nitrogens with two attached hydrogens (primary N) is 1. The summed E-state index contributed by atoms with van der Waals surface area (Å²) in [5, 5.41) is 0. The monoisotopic (exact) mass is 429 g/mol. The number of likely N-dealkylation sites (tertiary alicyclic amines) is 1. The van der Waals surface area contributed by atoms with Crippen LogP contribution in [0.3, 0.4) is 0 Å². The average molecular weight is 430 g/mol. The van der Waals surface area contributed by atoms with E-state index < -0.39 is 10.0 Å². The largest absolute Gasteiger partial charge is 0.334 e. The first-order valence-corrected chi connectivity index (χ1v) is 11.4. The summed E-state index contributed by atoms with van der Waals surface area (Å²) < 4.78 is 27.2. The Kier molecular flexibility index (Phi) is 7.90. The number of benzene rings is 1. The highest BCUT2D eigenvalue weighted by Crippen LogP contribution is 2.25. The lowest BCUT2D eigenvalue weighted by atomic mass is 9.96. The van der Waals surface area contributed by atoms with Gasteiger partial charge in [-0.2, -0.15) is 4.31 Å². The minimum absolute atomic E-state index is 0. The Labute approximate surface area is 174 Å². The van der Waals surface area contributed by atoms with E-state index in [4.69, 9.17) is 5.73 Å². The first-order valence-electron chi connectivity index (χ1n) is 9.97. The Morgan fingerprint density at radius 1 is 1.07 bits per heavy atom. The zero-order valence-electron chi connectivity index (χ0n) is 16.7. The van der Waals surface area contributed by atoms with Gasteiger partial charge in [0.1, 0.15) is 0 Å². The molecule has 0 spiro atoms. The topological polar surface area (TPSA) is 83.7 Å². The van der Waals surface area contributed by atoms with Gasteiger partial charge in [0.15, 0.2) is 0 Å². The van der Waals surface area contributed by atoms with Crippen LogP contribution in [-0.2, 0) is 10.0 Å². The molecule has 0 aliphatic carbocycles. The van der Waals surface area contributed by atoms with Gasteiger partial charge in [-0.15, -0.1) is 12.4 Å². The molecular weight excluding hydrogens is 398 g/mol. The van der Waals surface area contributed by atoms with Gasteiger partial charge in [-0.25, -0.2) is 8.42 Å². The van der Waals surface area contributed by atoms with Crippen molar-refractivity contribution in [3.8, 4) is 0 Å². The van der Waals surface area contributed by atoms with Crippen LogP contribution in [0.2, 0.25) is 0 Å². The molecule has 2 aliphatic rings. The van der Waals surface area contributed by atoms with Gasteiger partial charge in [-0.3, -0.25) is 4.79 Å². The smallest absolute Gasteiger partial charge is 0.254 e. The quantitative estimate of drug-likeness (QED) is 0.797. The predicted octanol–water partition coefficient (Wildman–Crippen LogP) is 2.87. The van der Waals surface area contributed by atoms with E-state index >= 15 is 0 Å².